The van der Waals surface area contributed by atoms with Gasteiger partial charge in [-0.2, -0.15) is 0 Å². The lowest BCUT2D eigenvalue weighted by atomic mass is 9.87. The third-order valence-electron chi connectivity index (χ3n) is 5.43. The average Bonchev–Trinajstić information content (AvgIpc) is 2.98. The number of aliphatic hydroxyl groups excluding tert-OH is 1. The van der Waals surface area contributed by atoms with Crippen LogP contribution < -0.4 is 10.6 Å². The third kappa shape index (κ3) is 5.23. The van der Waals surface area contributed by atoms with E-state index in [-0.39, 0.29) is 29.9 Å². The molecule has 1 unspecified atom stereocenters. The molecule has 2 fully saturated rings. The first-order valence-corrected chi connectivity index (χ1v) is 10.1. The predicted molar refractivity (Wildman–Crippen MR) is 108 cm³/mol. The van der Waals surface area contributed by atoms with Crippen LogP contribution in [0, 0.1) is 0 Å². The molecule has 2 saturated heterocycles. The number of rotatable bonds is 5. The molecule has 2 heterocycles. The van der Waals surface area contributed by atoms with Crippen molar-refractivity contribution < 1.29 is 19.4 Å². The van der Waals surface area contributed by atoms with Crippen LogP contribution >= 0.6 is 0 Å². The summed E-state index contributed by atoms with van der Waals surface area (Å²) >= 11 is 0. The minimum Gasteiger partial charge on any atom is -0.388 e. The summed E-state index contributed by atoms with van der Waals surface area (Å²) in [6, 6.07) is 7.75. The number of carbonyl (C=O) groups excluding carboxylic acids is 1. The van der Waals surface area contributed by atoms with Gasteiger partial charge in [0, 0.05) is 25.3 Å². The molecule has 28 heavy (non-hydrogen) atoms. The van der Waals surface area contributed by atoms with Gasteiger partial charge >= 0.3 is 6.03 Å². The summed E-state index contributed by atoms with van der Waals surface area (Å²) < 4.78 is 11.5. The molecular formula is C21H33N3O4. The Balaban J connectivity index is 1.36. The van der Waals surface area contributed by atoms with Crippen LogP contribution in [0.1, 0.15) is 39.7 Å². The third-order valence-corrected chi connectivity index (χ3v) is 5.43. The summed E-state index contributed by atoms with van der Waals surface area (Å²) in [4.78, 5) is 14.3. The number of hydrogen-bond donors (Lipinski definition) is 3. The molecule has 0 aromatic heterocycles. The molecule has 0 aliphatic carbocycles. The van der Waals surface area contributed by atoms with Gasteiger partial charge < -0.3 is 25.2 Å². The lowest BCUT2D eigenvalue weighted by molar-refractivity contribution is -0.176. The molecule has 1 aromatic rings. The number of amides is 2. The van der Waals surface area contributed by atoms with E-state index in [9.17, 15) is 9.90 Å². The molecule has 4 atom stereocenters. The Morgan fingerprint density at radius 2 is 2.00 bits per heavy atom. The quantitative estimate of drug-likeness (QED) is 0.671. The van der Waals surface area contributed by atoms with E-state index in [1.54, 1.807) is 0 Å². The second-order valence-corrected chi connectivity index (χ2v) is 8.70. The zero-order chi connectivity index (χ0) is 20.3. The second-order valence-electron chi connectivity index (χ2n) is 8.70. The van der Waals surface area contributed by atoms with Gasteiger partial charge in [-0.3, -0.25) is 4.90 Å². The molecule has 3 rings (SSSR count). The fraction of sp³-hybridized carbons (Fsp3) is 0.667. The lowest BCUT2D eigenvalue weighted by Crippen LogP contribution is -2.54. The Bertz CT molecular complexity index is 659. The van der Waals surface area contributed by atoms with Crippen LogP contribution in [-0.4, -0.2) is 66.8 Å². The molecule has 7 heteroatoms. The number of carbonyl (C=O) groups is 1. The molecule has 2 aliphatic rings. The predicted octanol–water partition coefficient (Wildman–Crippen LogP) is 2.30. The highest BCUT2D eigenvalue weighted by molar-refractivity contribution is 5.89. The van der Waals surface area contributed by atoms with Crippen LogP contribution in [0.15, 0.2) is 24.3 Å². The zero-order valence-corrected chi connectivity index (χ0v) is 17.3. The van der Waals surface area contributed by atoms with Gasteiger partial charge in [0.25, 0.3) is 0 Å². The summed E-state index contributed by atoms with van der Waals surface area (Å²) in [5.74, 6) is 0. The number of anilines is 1. The van der Waals surface area contributed by atoms with E-state index in [0.717, 1.165) is 25.2 Å². The van der Waals surface area contributed by atoms with Crippen molar-refractivity contribution in [3.05, 3.63) is 29.8 Å². The molecule has 156 valence electrons. The monoisotopic (exact) mass is 391 g/mol. The molecular weight excluding hydrogens is 358 g/mol. The van der Waals surface area contributed by atoms with Gasteiger partial charge in [0.05, 0.1) is 12.7 Å². The number of hydrogen-bond acceptors (Lipinski definition) is 5. The van der Waals surface area contributed by atoms with Crippen molar-refractivity contribution >= 4 is 11.7 Å². The smallest absolute Gasteiger partial charge is 0.319 e. The number of nitrogens with zero attached hydrogens (tertiary/aromatic N) is 1. The minimum absolute atomic E-state index is 0.0623. The van der Waals surface area contributed by atoms with Crippen LogP contribution in [0.2, 0.25) is 0 Å². The number of benzene rings is 1. The highest BCUT2D eigenvalue weighted by atomic mass is 16.6. The van der Waals surface area contributed by atoms with Crippen LogP contribution in [0.25, 0.3) is 0 Å². The molecule has 0 bridgehead atoms. The first kappa shape index (κ1) is 21.0. The van der Waals surface area contributed by atoms with Gasteiger partial charge in [-0.25, -0.2) is 4.79 Å². The maximum Gasteiger partial charge on any atom is 0.319 e. The fourth-order valence-corrected chi connectivity index (χ4v) is 3.67. The fourth-order valence-electron chi connectivity index (χ4n) is 3.67. The molecule has 2 aliphatic heterocycles. The van der Waals surface area contributed by atoms with Crippen molar-refractivity contribution in [2.45, 2.75) is 64.1 Å². The van der Waals surface area contributed by atoms with Crippen LogP contribution in [-0.2, 0) is 14.9 Å². The summed E-state index contributed by atoms with van der Waals surface area (Å²) in [6.45, 7) is 10.9. The summed E-state index contributed by atoms with van der Waals surface area (Å²) in [6.07, 6.45) is -0.0761. The minimum atomic E-state index is -0.530. The zero-order valence-electron chi connectivity index (χ0n) is 17.3. The van der Waals surface area contributed by atoms with Gasteiger partial charge in [0.1, 0.15) is 18.4 Å². The number of urea groups is 1. The molecule has 3 N–H and O–H groups in total. The summed E-state index contributed by atoms with van der Waals surface area (Å²) in [7, 11) is 0. The Morgan fingerprint density at radius 3 is 2.68 bits per heavy atom. The standard InChI is InChI=1S/C21H33N3O4/c1-14-24(12-18-19(28-14)17(25)13-27-18)11-5-10-22-20(26)23-16-8-6-15(7-9-16)21(2,3)4/h6-9,14,17-19,25H,5,10-13H2,1-4H3,(H2,22,23,26)/t14?,17-,18+,19-/m0/s1. The average molecular weight is 392 g/mol. The number of fused-ring (bicyclic) bond motifs is 1. The van der Waals surface area contributed by atoms with Crippen molar-refractivity contribution in [2.75, 3.05) is 31.6 Å². The number of aliphatic hydroxyl groups is 1. The van der Waals surface area contributed by atoms with E-state index in [4.69, 9.17) is 9.47 Å². The van der Waals surface area contributed by atoms with Gasteiger partial charge in [-0.05, 0) is 36.5 Å². The lowest BCUT2D eigenvalue weighted by Gasteiger charge is -2.40. The summed E-state index contributed by atoms with van der Waals surface area (Å²) in [5, 5.41) is 15.6. The topological polar surface area (TPSA) is 83.1 Å². The number of nitrogens with one attached hydrogen (secondary N) is 2. The van der Waals surface area contributed by atoms with Crippen molar-refractivity contribution in [3.8, 4) is 0 Å². The van der Waals surface area contributed by atoms with Crippen molar-refractivity contribution in [3.63, 3.8) is 0 Å². The van der Waals surface area contributed by atoms with Gasteiger partial charge in [-0.1, -0.05) is 32.9 Å². The first-order valence-electron chi connectivity index (χ1n) is 10.1. The molecule has 2 amide bonds. The van der Waals surface area contributed by atoms with Gasteiger partial charge in [0.15, 0.2) is 0 Å². The van der Waals surface area contributed by atoms with E-state index in [2.05, 4.69) is 36.3 Å². The van der Waals surface area contributed by atoms with Gasteiger partial charge in [-0.15, -0.1) is 0 Å². The maximum absolute atomic E-state index is 12.1. The van der Waals surface area contributed by atoms with E-state index < -0.39 is 6.10 Å². The maximum atomic E-state index is 12.1. The molecule has 7 nitrogen and oxygen atoms in total. The van der Waals surface area contributed by atoms with Crippen LogP contribution in [0.3, 0.4) is 0 Å². The van der Waals surface area contributed by atoms with Crippen LogP contribution in [0.4, 0.5) is 10.5 Å². The molecule has 1 aromatic carbocycles. The largest absolute Gasteiger partial charge is 0.388 e. The van der Waals surface area contributed by atoms with Crippen molar-refractivity contribution in [1.82, 2.24) is 10.2 Å². The number of ether oxygens (including phenoxy) is 2. The SMILES string of the molecule is CC1O[C@H]2[C@@H](O)CO[C@@H]2CN1CCCNC(=O)Nc1ccc(C(C)(C)C)cc1. The highest BCUT2D eigenvalue weighted by Crippen LogP contribution is 2.26. The van der Waals surface area contributed by atoms with E-state index in [1.807, 2.05) is 31.2 Å². The summed E-state index contributed by atoms with van der Waals surface area (Å²) in [5.41, 5.74) is 2.11. The van der Waals surface area contributed by atoms with Crippen molar-refractivity contribution in [1.29, 1.82) is 0 Å². The molecule has 0 radical (unpaired) electrons. The Hall–Kier alpha value is -1.67. The van der Waals surface area contributed by atoms with Gasteiger partial charge in [0.2, 0.25) is 0 Å². The Labute approximate surface area is 167 Å². The Kier molecular flexibility index (Phi) is 6.60. The van der Waals surface area contributed by atoms with Crippen molar-refractivity contribution in [2.24, 2.45) is 0 Å². The van der Waals surface area contributed by atoms with E-state index >= 15 is 0 Å². The molecule has 0 saturated carbocycles. The molecule has 0 spiro atoms. The van der Waals surface area contributed by atoms with E-state index in [1.165, 1.54) is 5.56 Å². The second kappa shape index (κ2) is 8.78. The Morgan fingerprint density at radius 1 is 1.29 bits per heavy atom. The van der Waals surface area contributed by atoms with Crippen LogP contribution in [0.5, 0.6) is 0 Å². The normalized spacial score (nSPS) is 28.0. The highest BCUT2D eigenvalue weighted by Gasteiger charge is 2.43. The van der Waals surface area contributed by atoms with E-state index in [0.29, 0.717) is 13.2 Å². The first-order chi connectivity index (χ1) is 13.2.